The van der Waals surface area contributed by atoms with Crippen molar-refractivity contribution >= 4 is 15.7 Å². The van der Waals surface area contributed by atoms with Crippen LogP contribution in [0, 0.1) is 0 Å². The number of amides is 1. The number of carbonyl (C=O) groups is 1. The Kier molecular flexibility index (Phi) is 4.97. The summed E-state index contributed by atoms with van der Waals surface area (Å²) in [7, 11) is -1.59. The van der Waals surface area contributed by atoms with Crippen molar-refractivity contribution in [2.45, 2.75) is 0 Å². The van der Waals surface area contributed by atoms with Crippen molar-refractivity contribution < 1.29 is 17.9 Å². The van der Waals surface area contributed by atoms with E-state index in [-0.39, 0.29) is 36.2 Å². The van der Waals surface area contributed by atoms with Gasteiger partial charge in [-0.05, 0) is 24.3 Å². The van der Waals surface area contributed by atoms with Gasteiger partial charge in [-0.1, -0.05) is 6.07 Å². The van der Waals surface area contributed by atoms with Crippen LogP contribution in [0.1, 0.15) is 10.5 Å². The highest BCUT2D eigenvalue weighted by molar-refractivity contribution is 7.91. The molecule has 0 radical (unpaired) electrons. The zero-order chi connectivity index (χ0) is 20.4. The first-order chi connectivity index (χ1) is 14.0. The molecule has 0 aromatic carbocycles. The van der Waals surface area contributed by atoms with Crippen LogP contribution in [0.2, 0.25) is 0 Å². The molecule has 4 heterocycles. The molecule has 150 valence electrons. The number of methoxy groups -OCH3 is 1. The van der Waals surface area contributed by atoms with Crippen LogP contribution in [0.5, 0.6) is 5.88 Å². The fourth-order valence-electron chi connectivity index (χ4n) is 2.97. The van der Waals surface area contributed by atoms with Gasteiger partial charge in [0, 0.05) is 25.4 Å². The number of aromatic nitrogens is 5. The van der Waals surface area contributed by atoms with E-state index >= 15 is 0 Å². The highest BCUT2D eigenvalue weighted by Crippen LogP contribution is 2.23. The summed E-state index contributed by atoms with van der Waals surface area (Å²) < 4.78 is 29.8. The summed E-state index contributed by atoms with van der Waals surface area (Å²) in [4.78, 5) is 18.7. The van der Waals surface area contributed by atoms with E-state index < -0.39 is 9.84 Å². The van der Waals surface area contributed by atoms with Crippen molar-refractivity contribution in [3.63, 3.8) is 0 Å². The summed E-state index contributed by atoms with van der Waals surface area (Å²) >= 11 is 0. The molecule has 0 bridgehead atoms. The predicted octanol–water partition coefficient (Wildman–Crippen LogP) is 0.603. The van der Waals surface area contributed by atoms with E-state index in [1.807, 2.05) is 6.07 Å². The normalized spacial score (nSPS) is 15.8. The van der Waals surface area contributed by atoms with Crippen molar-refractivity contribution in [3.05, 3.63) is 48.3 Å². The summed E-state index contributed by atoms with van der Waals surface area (Å²) in [6.07, 6.45) is 1.64. The molecule has 0 spiro atoms. The largest absolute Gasteiger partial charge is 0.480 e. The Labute approximate surface area is 167 Å². The van der Waals surface area contributed by atoms with Gasteiger partial charge < -0.3 is 9.64 Å². The molecular formula is C18H18N6O4S. The SMILES string of the molecule is COc1ccc(-n2nc(C(=O)N3CCS(=O)(=O)CC3)cc2-c2ccccn2)nn1. The van der Waals surface area contributed by atoms with Crippen molar-refractivity contribution in [3.8, 4) is 23.1 Å². The third kappa shape index (κ3) is 3.94. The Morgan fingerprint density at radius 3 is 2.52 bits per heavy atom. The smallest absolute Gasteiger partial charge is 0.274 e. The van der Waals surface area contributed by atoms with Crippen LogP contribution in [0.15, 0.2) is 42.6 Å². The summed E-state index contributed by atoms with van der Waals surface area (Å²) in [5.41, 5.74) is 1.36. The zero-order valence-electron chi connectivity index (χ0n) is 15.6. The molecule has 0 aliphatic carbocycles. The minimum absolute atomic E-state index is 0.0451. The van der Waals surface area contributed by atoms with Gasteiger partial charge in [0.25, 0.3) is 5.91 Å². The van der Waals surface area contributed by atoms with Gasteiger partial charge in [-0.15, -0.1) is 10.2 Å². The van der Waals surface area contributed by atoms with E-state index in [9.17, 15) is 13.2 Å². The molecule has 0 unspecified atom stereocenters. The van der Waals surface area contributed by atoms with E-state index in [0.29, 0.717) is 23.1 Å². The second kappa shape index (κ2) is 7.59. The lowest BCUT2D eigenvalue weighted by molar-refractivity contribution is 0.0764. The van der Waals surface area contributed by atoms with E-state index in [2.05, 4.69) is 20.3 Å². The van der Waals surface area contributed by atoms with Crippen LogP contribution in [-0.4, -0.2) is 75.9 Å². The number of hydrogen-bond acceptors (Lipinski definition) is 8. The molecule has 1 fully saturated rings. The van der Waals surface area contributed by atoms with Gasteiger partial charge >= 0.3 is 0 Å². The minimum Gasteiger partial charge on any atom is -0.480 e. The Balaban J connectivity index is 1.72. The maximum absolute atomic E-state index is 12.9. The van der Waals surface area contributed by atoms with Crippen molar-refractivity contribution in [1.29, 1.82) is 0 Å². The van der Waals surface area contributed by atoms with Crippen molar-refractivity contribution in [2.75, 3.05) is 31.7 Å². The first kappa shape index (κ1) is 19.0. The van der Waals surface area contributed by atoms with E-state index in [0.717, 1.165) is 0 Å². The lowest BCUT2D eigenvalue weighted by Gasteiger charge is -2.25. The summed E-state index contributed by atoms with van der Waals surface area (Å²) in [6.45, 7) is 0.296. The minimum atomic E-state index is -3.09. The number of rotatable bonds is 4. The molecule has 1 saturated heterocycles. The van der Waals surface area contributed by atoms with Gasteiger partial charge in [-0.2, -0.15) is 5.10 Å². The highest BCUT2D eigenvalue weighted by atomic mass is 32.2. The summed E-state index contributed by atoms with van der Waals surface area (Å²) in [5, 5.41) is 12.5. The maximum Gasteiger partial charge on any atom is 0.274 e. The van der Waals surface area contributed by atoms with Crippen LogP contribution >= 0.6 is 0 Å². The molecule has 0 atom stereocenters. The molecule has 10 nitrogen and oxygen atoms in total. The lowest BCUT2D eigenvalue weighted by Crippen LogP contribution is -2.43. The number of hydrogen-bond donors (Lipinski definition) is 0. The van der Waals surface area contributed by atoms with Gasteiger partial charge in [0.1, 0.15) is 0 Å². The second-order valence-corrected chi connectivity index (χ2v) is 8.72. The predicted molar refractivity (Wildman–Crippen MR) is 103 cm³/mol. The monoisotopic (exact) mass is 414 g/mol. The Morgan fingerprint density at radius 1 is 1.10 bits per heavy atom. The van der Waals surface area contributed by atoms with Crippen LogP contribution < -0.4 is 4.74 Å². The fraction of sp³-hybridized carbons (Fsp3) is 0.278. The van der Waals surface area contributed by atoms with Gasteiger partial charge in [-0.3, -0.25) is 9.78 Å². The quantitative estimate of drug-likeness (QED) is 0.609. The number of pyridine rings is 1. The second-order valence-electron chi connectivity index (χ2n) is 6.42. The van der Waals surface area contributed by atoms with E-state index in [1.54, 1.807) is 36.5 Å². The van der Waals surface area contributed by atoms with Crippen LogP contribution in [0.25, 0.3) is 17.2 Å². The van der Waals surface area contributed by atoms with E-state index in [1.165, 1.54) is 16.7 Å². The molecule has 1 amide bonds. The number of carbonyl (C=O) groups excluding carboxylic acids is 1. The number of ether oxygens (including phenoxy) is 1. The Hall–Kier alpha value is -3.34. The fourth-order valence-corrected chi connectivity index (χ4v) is 4.17. The molecule has 0 N–H and O–H groups in total. The molecule has 4 rings (SSSR count). The Morgan fingerprint density at radius 2 is 1.90 bits per heavy atom. The van der Waals surface area contributed by atoms with Gasteiger partial charge in [0.2, 0.25) is 5.88 Å². The topological polar surface area (TPSA) is 120 Å². The standard InChI is InChI=1S/C18H18N6O4S/c1-28-17-6-5-16(20-21-17)24-15(13-4-2-3-7-19-13)12-14(22-24)18(25)23-8-10-29(26,27)11-9-23/h2-7,12H,8-11H2,1H3. The molecule has 29 heavy (non-hydrogen) atoms. The molecular weight excluding hydrogens is 396 g/mol. The summed E-state index contributed by atoms with van der Waals surface area (Å²) in [6, 6.07) is 10.4. The van der Waals surface area contributed by atoms with Gasteiger partial charge in [0.15, 0.2) is 21.3 Å². The summed E-state index contributed by atoms with van der Waals surface area (Å²) in [5.74, 6) is 0.322. The maximum atomic E-state index is 12.9. The Bertz CT molecular complexity index is 1110. The molecule has 1 aliphatic rings. The molecule has 0 saturated carbocycles. The first-order valence-corrected chi connectivity index (χ1v) is 10.7. The zero-order valence-corrected chi connectivity index (χ0v) is 16.4. The third-order valence-corrected chi connectivity index (χ3v) is 6.15. The van der Waals surface area contributed by atoms with Crippen molar-refractivity contribution in [1.82, 2.24) is 29.9 Å². The van der Waals surface area contributed by atoms with Crippen LogP contribution in [-0.2, 0) is 9.84 Å². The van der Waals surface area contributed by atoms with Gasteiger partial charge in [-0.25, -0.2) is 13.1 Å². The van der Waals surface area contributed by atoms with Crippen molar-refractivity contribution in [2.24, 2.45) is 0 Å². The highest BCUT2D eigenvalue weighted by Gasteiger charge is 2.28. The van der Waals surface area contributed by atoms with Gasteiger partial charge in [0.05, 0.1) is 30.0 Å². The lowest BCUT2D eigenvalue weighted by atomic mass is 10.2. The van der Waals surface area contributed by atoms with E-state index in [4.69, 9.17) is 4.74 Å². The molecule has 3 aromatic rings. The van der Waals surface area contributed by atoms with Crippen LogP contribution in [0.4, 0.5) is 0 Å². The average Bonchev–Trinajstić information content (AvgIpc) is 3.19. The number of nitrogens with zero attached hydrogens (tertiary/aromatic N) is 6. The number of sulfone groups is 1. The molecule has 1 aliphatic heterocycles. The molecule has 3 aromatic heterocycles. The third-order valence-electron chi connectivity index (χ3n) is 4.54. The average molecular weight is 414 g/mol. The first-order valence-electron chi connectivity index (χ1n) is 8.86. The van der Waals surface area contributed by atoms with Crippen LogP contribution in [0.3, 0.4) is 0 Å². The molecule has 11 heteroatoms.